The maximum Gasteiger partial charge on any atom is 0.0731 e. The smallest absolute Gasteiger partial charge is 0.0731 e. The summed E-state index contributed by atoms with van der Waals surface area (Å²) in [5.41, 5.74) is 0. The quantitative estimate of drug-likeness (QED) is 0.671. The molecule has 2 heteroatoms. The van der Waals surface area contributed by atoms with E-state index in [9.17, 15) is 0 Å². The van der Waals surface area contributed by atoms with Crippen molar-refractivity contribution in [2.45, 2.75) is 51.4 Å². The lowest BCUT2D eigenvalue weighted by Crippen LogP contribution is -2.36. The molecule has 11 heavy (non-hydrogen) atoms. The van der Waals surface area contributed by atoms with Gasteiger partial charge >= 0.3 is 0 Å². The molecule has 2 nitrogen and oxygen atoms in total. The van der Waals surface area contributed by atoms with Crippen LogP contribution in [0.1, 0.15) is 33.1 Å². The maximum absolute atomic E-state index is 5.75. The largest absolute Gasteiger partial charge is 0.374 e. The van der Waals surface area contributed by atoms with Gasteiger partial charge in [-0.2, -0.15) is 0 Å². The van der Waals surface area contributed by atoms with Gasteiger partial charge in [-0.3, -0.25) is 0 Å². The fourth-order valence-electron chi connectivity index (χ4n) is 1.77. The number of hydrogen-bond donors (Lipinski definition) is 1. The molecule has 0 amide bonds. The molecule has 0 aromatic rings. The highest BCUT2D eigenvalue weighted by molar-refractivity contribution is 4.83. The summed E-state index contributed by atoms with van der Waals surface area (Å²) in [6.07, 6.45) is 4.63. The van der Waals surface area contributed by atoms with Crippen molar-refractivity contribution in [3.63, 3.8) is 0 Å². The Bertz CT molecular complexity index is 114. The molecule has 66 valence electrons. The molecule has 1 fully saturated rings. The minimum absolute atomic E-state index is 0.369. The summed E-state index contributed by atoms with van der Waals surface area (Å²) in [6.45, 7) is 4.20. The number of nitrogens with one attached hydrogen (secondary N) is 1. The van der Waals surface area contributed by atoms with Gasteiger partial charge in [-0.15, -0.1) is 0 Å². The first-order valence-corrected chi connectivity index (χ1v) is 4.56. The van der Waals surface area contributed by atoms with Gasteiger partial charge in [-0.1, -0.05) is 0 Å². The van der Waals surface area contributed by atoms with Crippen molar-refractivity contribution >= 4 is 0 Å². The van der Waals surface area contributed by atoms with Gasteiger partial charge in [0.1, 0.15) is 0 Å². The number of hydrogen-bond acceptors (Lipinski definition) is 2. The lowest BCUT2D eigenvalue weighted by atomic mass is 10.2. The van der Waals surface area contributed by atoms with E-state index in [1.54, 1.807) is 0 Å². The molecule has 2 unspecified atom stereocenters. The van der Waals surface area contributed by atoms with Gasteiger partial charge < -0.3 is 10.1 Å². The summed E-state index contributed by atoms with van der Waals surface area (Å²) >= 11 is 0. The molecule has 0 radical (unpaired) electrons. The maximum atomic E-state index is 5.75. The Balaban J connectivity index is 2.31. The molecule has 0 bridgehead atoms. The minimum atomic E-state index is 0.369. The monoisotopic (exact) mass is 157 g/mol. The van der Waals surface area contributed by atoms with Gasteiger partial charge in [0.2, 0.25) is 0 Å². The van der Waals surface area contributed by atoms with Crippen LogP contribution in [0.3, 0.4) is 0 Å². The van der Waals surface area contributed by atoms with Gasteiger partial charge in [0.15, 0.2) is 0 Å². The lowest BCUT2D eigenvalue weighted by Gasteiger charge is -2.21. The molecular formula is C9H19NO. The molecule has 1 rings (SSSR count). The topological polar surface area (TPSA) is 21.3 Å². The van der Waals surface area contributed by atoms with Crippen LogP contribution in [0.25, 0.3) is 0 Å². The molecule has 1 aliphatic rings. The van der Waals surface area contributed by atoms with Crippen LogP contribution >= 0.6 is 0 Å². The first-order valence-electron chi connectivity index (χ1n) is 4.56. The predicted octanol–water partition coefficient (Wildman–Crippen LogP) is 1.55. The van der Waals surface area contributed by atoms with Crippen LogP contribution in [0.2, 0.25) is 0 Å². The molecule has 0 spiro atoms. The summed E-state index contributed by atoms with van der Waals surface area (Å²) in [7, 11) is 2.02. The third-order valence-corrected chi connectivity index (χ3v) is 2.27. The van der Waals surface area contributed by atoms with Crippen LogP contribution in [0.4, 0.5) is 0 Å². The zero-order valence-electron chi connectivity index (χ0n) is 7.76. The average Bonchev–Trinajstić information content (AvgIpc) is 2.34. The normalized spacial score (nSPS) is 31.6. The van der Waals surface area contributed by atoms with E-state index in [0.29, 0.717) is 18.2 Å². The van der Waals surface area contributed by atoms with E-state index < -0.39 is 0 Å². The summed E-state index contributed by atoms with van der Waals surface area (Å²) in [5, 5.41) is 3.29. The Morgan fingerprint density at radius 2 is 2.09 bits per heavy atom. The Labute approximate surface area is 69.3 Å². The Kier molecular flexibility index (Phi) is 3.34. The molecule has 0 aromatic carbocycles. The van der Waals surface area contributed by atoms with Crippen molar-refractivity contribution in [2.75, 3.05) is 7.05 Å². The SMILES string of the molecule is CNC1CCCC1OC(C)C. The zero-order chi connectivity index (χ0) is 8.27. The molecule has 0 saturated heterocycles. The number of rotatable bonds is 3. The highest BCUT2D eigenvalue weighted by Crippen LogP contribution is 2.22. The van der Waals surface area contributed by atoms with E-state index in [1.165, 1.54) is 19.3 Å². The fourth-order valence-corrected chi connectivity index (χ4v) is 1.77. The Morgan fingerprint density at radius 1 is 1.36 bits per heavy atom. The summed E-state index contributed by atoms with van der Waals surface area (Å²) in [4.78, 5) is 0. The van der Waals surface area contributed by atoms with Crippen molar-refractivity contribution < 1.29 is 4.74 Å². The molecule has 0 aliphatic heterocycles. The Hall–Kier alpha value is -0.0800. The van der Waals surface area contributed by atoms with E-state index in [-0.39, 0.29) is 0 Å². The van der Waals surface area contributed by atoms with Crippen LogP contribution in [0.5, 0.6) is 0 Å². The third-order valence-electron chi connectivity index (χ3n) is 2.27. The van der Waals surface area contributed by atoms with Gasteiger partial charge in [0.25, 0.3) is 0 Å². The van der Waals surface area contributed by atoms with Crippen molar-refractivity contribution in [1.82, 2.24) is 5.32 Å². The average molecular weight is 157 g/mol. The second-order valence-electron chi connectivity index (χ2n) is 3.55. The molecule has 0 heterocycles. The van der Waals surface area contributed by atoms with Gasteiger partial charge in [0.05, 0.1) is 12.2 Å². The first kappa shape index (κ1) is 9.01. The van der Waals surface area contributed by atoms with Crippen molar-refractivity contribution in [3.05, 3.63) is 0 Å². The van der Waals surface area contributed by atoms with E-state index in [1.807, 2.05) is 7.05 Å². The van der Waals surface area contributed by atoms with E-state index in [4.69, 9.17) is 4.74 Å². The van der Waals surface area contributed by atoms with Crippen LogP contribution in [0.15, 0.2) is 0 Å². The van der Waals surface area contributed by atoms with Crippen LogP contribution in [-0.2, 0) is 4.74 Å². The van der Waals surface area contributed by atoms with Gasteiger partial charge in [-0.25, -0.2) is 0 Å². The summed E-state index contributed by atoms with van der Waals surface area (Å²) < 4.78 is 5.75. The number of likely N-dealkylation sites (N-methyl/N-ethyl adjacent to an activating group) is 1. The second-order valence-corrected chi connectivity index (χ2v) is 3.55. The van der Waals surface area contributed by atoms with Gasteiger partial charge in [0, 0.05) is 6.04 Å². The predicted molar refractivity (Wildman–Crippen MR) is 46.7 cm³/mol. The summed E-state index contributed by atoms with van der Waals surface area (Å²) in [5.74, 6) is 0. The third kappa shape index (κ3) is 2.46. The molecule has 1 aliphatic carbocycles. The molecule has 1 N–H and O–H groups in total. The fraction of sp³-hybridized carbons (Fsp3) is 1.00. The molecule has 2 atom stereocenters. The highest BCUT2D eigenvalue weighted by Gasteiger charge is 2.26. The van der Waals surface area contributed by atoms with Crippen molar-refractivity contribution in [2.24, 2.45) is 0 Å². The molecule has 0 aromatic heterocycles. The lowest BCUT2D eigenvalue weighted by molar-refractivity contribution is -0.00105. The minimum Gasteiger partial charge on any atom is -0.374 e. The van der Waals surface area contributed by atoms with Gasteiger partial charge in [-0.05, 0) is 40.2 Å². The Morgan fingerprint density at radius 3 is 2.64 bits per heavy atom. The number of ether oxygens (including phenoxy) is 1. The van der Waals surface area contributed by atoms with E-state index >= 15 is 0 Å². The van der Waals surface area contributed by atoms with Crippen LogP contribution in [-0.4, -0.2) is 25.3 Å². The molecule has 1 saturated carbocycles. The standard InChI is InChI=1S/C9H19NO/c1-7(2)11-9-6-4-5-8(9)10-3/h7-10H,4-6H2,1-3H3. The van der Waals surface area contributed by atoms with E-state index in [2.05, 4.69) is 19.2 Å². The van der Waals surface area contributed by atoms with E-state index in [0.717, 1.165) is 0 Å². The summed E-state index contributed by atoms with van der Waals surface area (Å²) in [6, 6.07) is 0.595. The van der Waals surface area contributed by atoms with Crippen LogP contribution < -0.4 is 5.32 Å². The molecular weight excluding hydrogens is 138 g/mol. The van der Waals surface area contributed by atoms with Crippen molar-refractivity contribution in [1.29, 1.82) is 0 Å². The van der Waals surface area contributed by atoms with Crippen LogP contribution in [0, 0.1) is 0 Å². The highest BCUT2D eigenvalue weighted by atomic mass is 16.5. The van der Waals surface area contributed by atoms with Crippen molar-refractivity contribution in [3.8, 4) is 0 Å². The zero-order valence-corrected chi connectivity index (χ0v) is 7.76. The second kappa shape index (κ2) is 4.07. The first-order chi connectivity index (χ1) is 5.24.